The second kappa shape index (κ2) is 12.9. The molecule has 53 heavy (non-hydrogen) atoms. The van der Waals surface area contributed by atoms with Crippen LogP contribution in [0.4, 0.5) is 0 Å². The fraction of sp³-hybridized carbons (Fsp3) is 0.0204. The van der Waals surface area contributed by atoms with Crippen molar-refractivity contribution in [2.75, 3.05) is 0 Å². The molecule has 1 N–H and O–H groups in total. The third kappa shape index (κ3) is 5.67. The van der Waals surface area contributed by atoms with Crippen LogP contribution in [0.3, 0.4) is 0 Å². The molecule has 0 spiro atoms. The highest BCUT2D eigenvalue weighted by Crippen LogP contribution is 2.42. The summed E-state index contributed by atoms with van der Waals surface area (Å²) in [6, 6.07) is 65.7. The standard InChI is InChI=1S/C49H33N3O/c1-4-12-32(13-5-1)34-20-24-36(25-21-34)41-28-29-42(45-43-30-39-18-10-11-19-40(39)31-44(43)53-46(41)45)49-51-47(37-16-8-3-9-17-37)50-48(52-49)38-26-22-35(23-27-38)33-14-6-2-7-15-33/h1-31,49H,(H,50,51,52). The van der Waals surface area contributed by atoms with E-state index in [4.69, 9.17) is 14.4 Å². The van der Waals surface area contributed by atoms with E-state index in [-0.39, 0.29) is 0 Å². The number of furan rings is 1. The van der Waals surface area contributed by atoms with Gasteiger partial charge in [0.1, 0.15) is 23.2 Å². The largest absolute Gasteiger partial charge is 0.455 e. The molecule has 1 unspecified atom stereocenters. The maximum atomic E-state index is 6.86. The molecule has 0 fully saturated rings. The number of nitrogens with zero attached hydrogens (tertiary/aromatic N) is 2. The first-order valence-electron chi connectivity index (χ1n) is 17.9. The highest BCUT2D eigenvalue weighted by molar-refractivity contribution is 6.16. The van der Waals surface area contributed by atoms with E-state index >= 15 is 0 Å². The molecule has 0 amide bonds. The molecular weight excluding hydrogens is 647 g/mol. The Morgan fingerprint density at radius 3 is 1.58 bits per heavy atom. The van der Waals surface area contributed by atoms with Crippen molar-refractivity contribution < 1.29 is 4.42 Å². The summed E-state index contributed by atoms with van der Waals surface area (Å²) in [7, 11) is 0. The average molecular weight is 680 g/mol. The molecule has 2 heterocycles. The van der Waals surface area contributed by atoms with Crippen LogP contribution in [0.1, 0.15) is 22.9 Å². The Bertz CT molecular complexity index is 2820. The molecule has 9 aromatic rings. The third-order valence-electron chi connectivity index (χ3n) is 10.2. The number of benzene rings is 8. The van der Waals surface area contributed by atoms with Gasteiger partial charge in [-0.25, -0.2) is 9.98 Å². The predicted octanol–water partition coefficient (Wildman–Crippen LogP) is 12.2. The zero-order valence-electron chi connectivity index (χ0n) is 28.8. The first-order valence-corrected chi connectivity index (χ1v) is 17.9. The Morgan fingerprint density at radius 1 is 0.453 bits per heavy atom. The average Bonchev–Trinajstić information content (AvgIpc) is 3.62. The van der Waals surface area contributed by atoms with Crippen LogP contribution >= 0.6 is 0 Å². The van der Waals surface area contributed by atoms with Gasteiger partial charge in [0, 0.05) is 33.0 Å². The van der Waals surface area contributed by atoms with Gasteiger partial charge in [-0.15, -0.1) is 0 Å². The summed E-state index contributed by atoms with van der Waals surface area (Å²) in [5.74, 6) is 1.46. The topological polar surface area (TPSA) is 49.9 Å². The first kappa shape index (κ1) is 30.8. The summed E-state index contributed by atoms with van der Waals surface area (Å²) in [5.41, 5.74) is 11.5. The second-order valence-corrected chi connectivity index (χ2v) is 13.4. The molecule has 0 saturated heterocycles. The normalized spacial score (nSPS) is 14.2. The highest BCUT2D eigenvalue weighted by atomic mass is 16.3. The maximum Gasteiger partial charge on any atom is 0.159 e. The minimum absolute atomic E-state index is 0.421. The Balaban J connectivity index is 1.14. The van der Waals surface area contributed by atoms with Gasteiger partial charge in [0.25, 0.3) is 0 Å². The second-order valence-electron chi connectivity index (χ2n) is 13.4. The van der Waals surface area contributed by atoms with E-state index in [0.29, 0.717) is 5.84 Å². The molecule has 10 rings (SSSR count). The SMILES string of the molecule is c1ccc(C2=NC(c3ccc(-c4ccccc4)cc3)=NC(c3ccc(-c4ccc(-c5ccccc5)cc4)c4oc5cc6ccccc6cc5c34)N2)cc1. The molecule has 1 atom stereocenters. The van der Waals surface area contributed by atoms with Gasteiger partial charge in [-0.1, -0.05) is 176 Å². The zero-order chi connectivity index (χ0) is 35.1. The molecule has 0 aliphatic carbocycles. The number of hydrogen-bond acceptors (Lipinski definition) is 4. The van der Waals surface area contributed by atoms with Gasteiger partial charge >= 0.3 is 0 Å². The molecule has 8 aromatic carbocycles. The van der Waals surface area contributed by atoms with Crippen LogP contribution < -0.4 is 5.32 Å². The number of hydrogen-bond donors (Lipinski definition) is 1. The minimum Gasteiger partial charge on any atom is -0.455 e. The lowest BCUT2D eigenvalue weighted by Crippen LogP contribution is -2.33. The monoisotopic (exact) mass is 679 g/mol. The fourth-order valence-electron chi connectivity index (χ4n) is 7.44. The van der Waals surface area contributed by atoms with Crippen LogP contribution in [-0.2, 0) is 0 Å². The van der Waals surface area contributed by atoms with Crippen molar-refractivity contribution in [3.63, 3.8) is 0 Å². The van der Waals surface area contributed by atoms with Crippen molar-refractivity contribution in [2.24, 2.45) is 9.98 Å². The summed E-state index contributed by atoms with van der Waals surface area (Å²) in [4.78, 5) is 10.4. The van der Waals surface area contributed by atoms with E-state index < -0.39 is 6.17 Å². The van der Waals surface area contributed by atoms with Gasteiger partial charge in [-0.05, 0) is 50.7 Å². The predicted molar refractivity (Wildman–Crippen MR) is 219 cm³/mol. The fourth-order valence-corrected chi connectivity index (χ4v) is 7.44. The maximum absolute atomic E-state index is 6.86. The molecular formula is C49H33N3O. The van der Waals surface area contributed by atoms with Gasteiger partial charge in [-0.3, -0.25) is 0 Å². The van der Waals surface area contributed by atoms with Crippen molar-refractivity contribution in [2.45, 2.75) is 6.17 Å². The molecule has 4 heteroatoms. The molecule has 1 aliphatic rings. The molecule has 1 aliphatic heterocycles. The molecule has 0 saturated carbocycles. The van der Waals surface area contributed by atoms with E-state index in [9.17, 15) is 0 Å². The molecule has 4 nitrogen and oxygen atoms in total. The van der Waals surface area contributed by atoms with Crippen LogP contribution in [0.5, 0.6) is 0 Å². The Kier molecular flexibility index (Phi) is 7.51. The minimum atomic E-state index is -0.421. The Hall–Kier alpha value is -7.04. The summed E-state index contributed by atoms with van der Waals surface area (Å²) in [6.45, 7) is 0. The lowest BCUT2D eigenvalue weighted by Gasteiger charge is -2.24. The van der Waals surface area contributed by atoms with Crippen LogP contribution in [0.25, 0.3) is 66.1 Å². The van der Waals surface area contributed by atoms with Crippen LogP contribution in [0, 0.1) is 0 Å². The van der Waals surface area contributed by atoms with E-state index in [2.05, 4.69) is 163 Å². The number of fused-ring (bicyclic) bond motifs is 4. The van der Waals surface area contributed by atoms with E-state index in [0.717, 1.165) is 71.9 Å². The van der Waals surface area contributed by atoms with Gasteiger partial charge in [-0.2, -0.15) is 0 Å². The van der Waals surface area contributed by atoms with Crippen LogP contribution in [-0.4, -0.2) is 11.7 Å². The van der Waals surface area contributed by atoms with Crippen LogP contribution in [0.15, 0.2) is 202 Å². The van der Waals surface area contributed by atoms with Gasteiger partial charge in [0.15, 0.2) is 5.84 Å². The van der Waals surface area contributed by atoms with Gasteiger partial charge in [0.05, 0.1) is 0 Å². The first-order chi connectivity index (χ1) is 26.2. The Morgan fingerprint density at radius 2 is 0.962 bits per heavy atom. The molecule has 250 valence electrons. The van der Waals surface area contributed by atoms with Crippen molar-refractivity contribution in [1.82, 2.24) is 5.32 Å². The van der Waals surface area contributed by atoms with E-state index in [1.165, 1.54) is 16.7 Å². The lowest BCUT2D eigenvalue weighted by molar-refractivity contribution is 0.663. The number of nitrogens with one attached hydrogen (secondary N) is 1. The zero-order valence-corrected chi connectivity index (χ0v) is 28.8. The lowest BCUT2D eigenvalue weighted by atomic mass is 9.95. The van der Waals surface area contributed by atoms with Gasteiger partial charge in [0.2, 0.25) is 0 Å². The quantitative estimate of drug-likeness (QED) is 0.190. The molecule has 1 aromatic heterocycles. The number of rotatable bonds is 6. The number of amidine groups is 2. The third-order valence-corrected chi connectivity index (χ3v) is 10.2. The van der Waals surface area contributed by atoms with Gasteiger partial charge < -0.3 is 9.73 Å². The van der Waals surface area contributed by atoms with Crippen LogP contribution in [0.2, 0.25) is 0 Å². The van der Waals surface area contributed by atoms with E-state index in [1.807, 2.05) is 30.3 Å². The molecule has 0 radical (unpaired) electrons. The summed E-state index contributed by atoms with van der Waals surface area (Å²) in [5, 5.41) is 8.13. The Labute approximate surface area is 307 Å². The summed E-state index contributed by atoms with van der Waals surface area (Å²) >= 11 is 0. The highest BCUT2D eigenvalue weighted by Gasteiger charge is 2.26. The van der Waals surface area contributed by atoms with Crippen molar-refractivity contribution in [1.29, 1.82) is 0 Å². The van der Waals surface area contributed by atoms with Crippen molar-refractivity contribution in [3.8, 4) is 33.4 Å². The van der Waals surface area contributed by atoms with Crippen molar-refractivity contribution in [3.05, 3.63) is 205 Å². The van der Waals surface area contributed by atoms with E-state index in [1.54, 1.807) is 0 Å². The summed E-state index contributed by atoms with van der Waals surface area (Å²) in [6.07, 6.45) is -0.421. The molecule has 0 bridgehead atoms. The smallest absolute Gasteiger partial charge is 0.159 e. The van der Waals surface area contributed by atoms with Crippen molar-refractivity contribution >= 4 is 44.4 Å². The number of aliphatic imine (C=N–C) groups is 2. The summed E-state index contributed by atoms with van der Waals surface area (Å²) < 4.78 is 6.86.